The lowest BCUT2D eigenvalue weighted by atomic mass is 9.89. The van der Waals surface area contributed by atoms with Gasteiger partial charge in [0.05, 0.1) is 0 Å². The van der Waals surface area contributed by atoms with Crippen LogP contribution in [0, 0.1) is 0 Å². The van der Waals surface area contributed by atoms with Crippen molar-refractivity contribution in [3.8, 4) is 22.3 Å². The zero-order valence-corrected chi connectivity index (χ0v) is 24.3. The van der Waals surface area contributed by atoms with Crippen molar-refractivity contribution in [3.63, 3.8) is 0 Å². The molecule has 0 unspecified atom stereocenters. The number of fused-ring (bicyclic) bond motifs is 3. The molecule has 0 bridgehead atoms. The van der Waals surface area contributed by atoms with Gasteiger partial charge in [0.25, 0.3) is 0 Å². The highest BCUT2D eigenvalue weighted by molar-refractivity contribution is 6.27. The molecule has 0 amide bonds. The van der Waals surface area contributed by atoms with Gasteiger partial charge in [-0.1, -0.05) is 133 Å². The molecule has 1 nitrogen and oxygen atoms in total. The lowest BCUT2D eigenvalue weighted by molar-refractivity contribution is 0.671. The quantitative estimate of drug-likeness (QED) is 0.189. The zero-order chi connectivity index (χ0) is 29.2. The van der Waals surface area contributed by atoms with Crippen LogP contribution in [0.2, 0.25) is 0 Å². The summed E-state index contributed by atoms with van der Waals surface area (Å²) in [5.41, 5.74) is 6.50. The molecule has 11 aromatic rings. The molecule has 11 rings (SSSR count). The first-order chi connectivity index (χ1) is 22.3. The largest absolute Gasteiger partial charge is 0.455 e. The molecule has 1 heteroatoms. The second-order valence-electron chi connectivity index (χ2n) is 12.4. The van der Waals surface area contributed by atoms with Gasteiger partial charge in [0.2, 0.25) is 0 Å². The highest BCUT2D eigenvalue weighted by Crippen LogP contribution is 2.45. The van der Waals surface area contributed by atoms with Crippen LogP contribution in [0.5, 0.6) is 0 Å². The van der Waals surface area contributed by atoms with Gasteiger partial charge < -0.3 is 4.42 Å². The van der Waals surface area contributed by atoms with Crippen LogP contribution in [0.15, 0.2) is 150 Å². The van der Waals surface area contributed by atoms with Gasteiger partial charge in [-0.3, -0.25) is 0 Å². The molecular weight excluding hydrogens is 544 g/mol. The molecule has 45 heavy (non-hydrogen) atoms. The minimum Gasteiger partial charge on any atom is -0.455 e. The predicted molar refractivity (Wildman–Crippen MR) is 192 cm³/mol. The van der Waals surface area contributed by atoms with E-state index >= 15 is 0 Å². The molecule has 206 valence electrons. The smallest absolute Gasteiger partial charge is 0.143 e. The topological polar surface area (TPSA) is 13.1 Å². The summed E-state index contributed by atoms with van der Waals surface area (Å²) in [7, 11) is 0. The SMILES string of the molecule is c1cc2ccc3cc(-c4cccc5c4oc4c(-c6ccc7ccc8cccc9ccc6c7c89)cccc45)cc4ccc(c1)c2c34. The summed E-state index contributed by atoms with van der Waals surface area (Å²) in [6.07, 6.45) is 0. The first-order valence-electron chi connectivity index (χ1n) is 15.6. The van der Waals surface area contributed by atoms with Crippen LogP contribution in [-0.4, -0.2) is 0 Å². The Morgan fingerprint density at radius 3 is 1.38 bits per heavy atom. The Hall–Kier alpha value is -5.92. The first kappa shape index (κ1) is 23.5. The van der Waals surface area contributed by atoms with E-state index in [1.165, 1.54) is 75.8 Å². The highest BCUT2D eigenvalue weighted by Gasteiger charge is 2.19. The summed E-state index contributed by atoms with van der Waals surface area (Å²) in [5.74, 6) is 0. The molecule has 0 radical (unpaired) electrons. The van der Waals surface area contributed by atoms with E-state index in [4.69, 9.17) is 4.42 Å². The van der Waals surface area contributed by atoms with E-state index in [1.54, 1.807) is 0 Å². The van der Waals surface area contributed by atoms with E-state index in [-0.39, 0.29) is 0 Å². The number of para-hydroxylation sites is 2. The fourth-order valence-electron chi connectivity index (χ4n) is 8.14. The normalized spacial score (nSPS) is 12.4. The van der Waals surface area contributed by atoms with Crippen LogP contribution in [0.1, 0.15) is 0 Å². The first-order valence-corrected chi connectivity index (χ1v) is 15.6. The summed E-state index contributed by atoms with van der Waals surface area (Å²) in [4.78, 5) is 0. The Balaban J connectivity index is 1.18. The van der Waals surface area contributed by atoms with Crippen molar-refractivity contribution in [2.75, 3.05) is 0 Å². The summed E-state index contributed by atoms with van der Waals surface area (Å²) in [6, 6.07) is 53.5. The molecule has 0 N–H and O–H groups in total. The van der Waals surface area contributed by atoms with E-state index in [0.29, 0.717) is 0 Å². The van der Waals surface area contributed by atoms with Crippen LogP contribution in [0.4, 0.5) is 0 Å². The van der Waals surface area contributed by atoms with Gasteiger partial charge in [-0.25, -0.2) is 0 Å². The number of benzene rings is 10. The Labute approximate surface area is 258 Å². The average Bonchev–Trinajstić information content (AvgIpc) is 3.49. The Bertz CT molecular complexity index is 2900. The van der Waals surface area contributed by atoms with Crippen LogP contribution in [0.25, 0.3) is 109 Å². The maximum atomic E-state index is 6.96. The van der Waals surface area contributed by atoms with Crippen LogP contribution < -0.4 is 0 Å². The number of rotatable bonds is 2. The second kappa shape index (κ2) is 8.37. The molecule has 0 aliphatic rings. The van der Waals surface area contributed by atoms with E-state index in [0.717, 1.165) is 33.1 Å². The third-order valence-electron chi connectivity index (χ3n) is 10.1. The molecule has 0 saturated carbocycles. The molecule has 0 atom stereocenters. The van der Waals surface area contributed by atoms with Crippen molar-refractivity contribution in [3.05, 3.63) is 146 Å². The van der Waals surface area contributed by atoms with Gasteiger partial charge in [0.1, 0.15) is 11.2 Å². The molecule has 0 saturated heterocycles. The summed E-state index contributed by atoms with van der Waals surface area (Å²) in [6.45, 7) is 0. The van der Waals surface area contributed by atoms with Gasteiger partial charge in [0, 0.05) is 21.9 Å². The van der Waals surface area contributed by atoms with E-state index in [9.17, 15) is 0 Å². The van der Waals surface area contributed by atoms with E-state index in [1.807, 2.05) is 0 Å². The fourth-order valence-corrected chi connectivity index (χ4v) is 8.14. The third kappa shape index (κ3) is 3.07. The molecule has 10 aromatic carbocycles. The summed E-state index contributed by atoms with van der Waals surface area (Å²) >= 11 is 0. The van der Waals surface area contributed by atoms with Crippen molar-refractivity contribution in [1.82, 2.24) is 0 Å². The van der Waals surface area contributed by atoms with Crippen molar-refractivity contribution >= 4 is 86.6 Å². The van der Waals surface area contributed by atoms with Crippen LogP contribution in [0.3, 0.4) is 0 Å². The highest BCUT2D eigenvalue weighted by atomic mass is 16.3. The molecule has 0 fully saturated rings. The standard InChI is InChI=1S/C44H24O/c1-5-25-15-17-30-23-32(24-31-18-16-26(6-1)39(25)41(30)31)33-9-3-11-37-38-12-4-10-36(44(38)45-43(33)37)34-21-19-29-14-13-27-7-2-8-28-20-22-35(34)42(29)40(27)28/h1-24H. The molecule has 1 aromatic heterocycles. The number of hydrogen-bond acceptors (Lipinski definition) is 1. The number of hydrogen-bond donors (Lipinski definition) is 0. The van der Waals surface area contributed by atoms with Crippen molar-refractivity contribution < 1.29 is 4.42 Å². The second-order valence-corrected chi connectivity index (χ2v) is 12.4. The third-order valence-corrected chi connectivity index (χ3v) is 10.1. The van der Waals surface area contributed by atoms with E-state index in [2.05, 4.69) is 146 Å². The maximum Gasteiger partial charge on any atom is 0.143 e. The van der Waals surface area contributed by atoms with Gasteiger partial charge in [0.15, 0.2) is 0 Å². The predicted octanol–water partition coefficient (Wildman–Crippen LogP) is 12.7. The van der Waals surface area contributed by atoms with Gasteiger partial charge in [-0.15, -0.1) is 0 Å². The molecule has 0 aliphatic carbocycles. The summed E-state index contributed by atoms with van der Waals surface area (Å²) in [5, 5.41) is 17.8. The van der Waals surface area contributed by atoms with Crippen LogP contribution >= 0.6 is 0 Å². The van der Waals surface area contributed by atoms with E-state index < -0.39 is 0 Å². The fraction of sp³-hybridized carbons (Fsp3) is 0. The minimum atomic E-state index is 0.936. The Morgan fingerprint density at radius 1 is 0.289 bits per heavy atom. The zero-order valence-electron chi connectivity index (χ0n) is 24.3. The van der Waals surface area contributed by atoms with Gasteiger partial charge in [-0.2, -0.15) is 0 Å². The van der Waals surface area contributed by atoms with Crippen molar-refractivity contribution in [1.29, 1.82) is 0 Å². The van der Waals surface area contributed by atoms with Gasteiger partial charge in [-0.05, 0) is 87.9 Å². The average molecular weight is 569 g/mol. The summed E-state index contributed by atoms with van der Waals surface area (Å²) < 4.78 is 6.96. The molecule has 0 spiro atoms. The van der Waals surface area contributed by atoms with Crippen LogP contribution in [-0.2, 0) is 0 Å². The minimum absolute atomic E-state index is 0.936. The monoisotopic (exact) mass is 568 g/mol. The van der Waals surface area contributed by atoms with Gasteiger partial charge >= 0.3 is 0 Å². The maximum absolute atomic E-state index is 6.96. The van der Waals surface area contributed by atoms with Crippen molar-refractivity contribution in [2.24, 2.45) is 0 Å². The lowest BCUT2D eigenvalue weighted by Crippen LogP contribution is -1.87. The molecule has 0 aliphatic heterocycles. The number of furan rings is 1. The van der Waals surface area contributed by atoms with Crippen molar-refractivity contribution in [2.45, 2.75) is 0 Å². The Kier molecular flexibility index (Phi) is 4.38. The Morgan fingerprint density at radius 2 is 0.733 bits per heavy atom. The molecule has 1 heterocycles. The molecular formula is C44H24O. The lowest BCUT2D eigenvalue weighted by Gasteiger charge is -2.14.